The third-order valence-electron chi connectivity index (χ3n) is 3.41. The van der Waals surface area contributed by atoms with Crippen molar-refractivity contribution < 1.29 is 0 Å². The summed E-state index contributed by atoms with van der Waals surface area (Å²) in [6.45, 7) is 3.04. The quantitative estimate of drug-likeness (QED) is 0.673. The fraction of sp³-hybridized carbons (Fsp3) is 0.200. The van der Waals surface area contributed by atoms with Crippen molar-refractivity contribution in [2.45, 2.75) is 6.92 Å². The van der Waals surface area contributed by atoms with E-state index >= 15 is 0 Å². The lowest BCUT2D eigenvalue weighted by molar-refractivity contribution is 1.01. The molecule has 0 saturated heterocycles. The number of aryl methyl sites for hydroxylation is 1. The van der Waals surface area contributed by atoms with Crippen LogP contribution in [-0.4, -0.2) is 11.1 Å². The number of benzene rings is 2. The molecule has 0 aliphatic heterocycles. The van der Waals surface area contributed by atoms with E-state index in [4.69, 9.17) is 5.73 Å². The van der Waals surface area contributed by atoms with Gasteiger partial charge in [0.15, 0.2) is 0 Å². The van der Waals surface area contributed by atoms with Gasteiger partial charge in [0.25, 0.3) is 0 Å². The Morgan fingerprint density at radius 1 is 1.06 bits per heavy atom. The molecule has 3 N–H and O–H groups in total. The highest BCUT2D eigenvalue weighted by atomic mass is 14.9. The van der Waals surface area contributed by atoms with E-state index in [0.717, 1.165) is 17.9 Å². The van der Waals surface area contributed by atoms with Crippen LogP contribution in [0.2, 0.25) is 0 Å². The summed E-state index contributed by atoms with van der Waals surface area (Å²) < 4.78 is 2.20. The van der Waals surface area contributed by atoms with Crippen LogP contribution in [0, 0.1) is 0 Å². The van der Waals surface area contributed by atoms with Crippen LogP contribution in [0.15, 0.2) is 36.4 Å². The fourth-order valence-electron chi connectivity index (χ4n) is 2.53. The summed E-state index contributed by atoms with van der Waals surface area (Å²) >= 11 is 0. The molecule has 0 spiro atoms. The van der Waals surface area contributed by atoms with Crippen LogP contribution in [0.4, 0.5) is 11.4 Å². The fourth-order valence-corrected chi connectivity index (χ4v) is 2.53. The van der Waals surface area contributed by atoms with Crippen molar-refractivity contribution in [3.05, 3.63) is 36.4 Å². The largest absolute Gasteiger partial charge is 0.399 e. The van der Waals surface area contributed by atoms with Crippen molar-refractivity contribution >= 4 is 33.2 Å². The molecule has 92 valence electrons. The molecule has 1 aromatic heterocycles. The summed E-state index contributed by atoms with van der Waals surface area (Å²) in [5, 5.41) is 5.87. The average molecular weight is 239 g/mol. The number of rotatable bonds is 2. The molecular formula is C15H17N3. The van der Waals surface area contributed by atoms with Crippen molar-refractivity contribution in [2.75, 3.05) is 17.6 Å². The number of nitrogen functional groups attached to an aromatic ring is 1. The van der Waals surface area contributed by atoms with Crippen molar-refractivity contribution in [1.29, 1.82) is 0 Å². The summed E-state index contributed by atoms with van der Waals surface area (Å²) in [6, 6.07) is 12.6. The lowest BCUT2D eigenvalue weighted by Crippen LogP contribution is -1.96. The number of nitrogens with two attached hydrogens (primary N) is 1. The second-order valence-electron chi connectivity index (χ2n) is 4.60. The maximum absolute atomic E-state index is 5.87. The second kappa shape index (κ2) is 3.95. The van der Waals surface area contributed by atoms with E-state index in [1.807, 2.05) is 12.1 Å². The van der Waals surface area contributed by atoms with Gasteiger partial charge in [-0.3, -0.25) is 0 Å². The summed E-state index contributed by atoms with van der Waals surface area (Å²) in [6.07, 6.45) is 0. The van der Waals surface area contributed by atoms with Gasteiger partial charge in [-0.25, -0.2) is 0 Å². The van der Waals surface area contributed by atoms with E-state index in [1.165, 1.54) is 21.8 Å². The molecule has 2 aromatic carbocycles. The molecule has 0 saturated carbocycles. The lowest BCUT2D eigenvalue weighted by atomic mass is 10.1. The molecule has 3 rings (SSSR count). The third-order valence-corrected chi connectivity index (χ3v) is 3.41. The number of aromatic nitrogens is 1. The molecule has 3 aromatic rings. The summed E-state index contributed by atoms with van der Waals surface area (Å²) in [7, 11) is 2.08. The van der Waals surface area contributed by atoms with Crippen molar-refractivity contribution in [2.24, 2.45) is 7.05 Å². The smallest absolute Gasteiger partial charge is 0.0509 e. The van der Waals surface area contributed by atoms with Crippen molar-refractivity contribution in [3.63, 3.8) is 0 Å². The van der Waals surface area contributed by atoms with Crippen LogP contribution in [0.25, 0.3) is 21.8 Å². The lowest BCUT2D eigenvalue weighted by Gasteiger charge is -2.04. The number of fused-ring (bicyclic) bond motifs is 3. The monoisotopic (exact) mass is 239 g/mol. The van der Waals surface area contributed by atoms with Crippen molar-refractivity contribution in [3.8, 4) is 0 Å². The first kappa shape index (κ1) is 11.0. The zero-order chi connectivity index (χ0) is 12.7. The van der Waals surface area contributed by atoms with Gasteiger partial charge in [-0.1, -0.05) is 12.1 Å². The predicted molar refractivity (Wildman–Crippen MR) is 79.0 cm³/mol. The molecule has 0 aliphatic rings. The van der Waals surface area contributed by atoms with E-state index in [2.05, 4.69) is 48.1 Å². The van der Waals surface area contributed by atoms with Crippen molar-refractivity contribution in [1.82, 2.24) is 4.57 Å². The molecule has 0 amide bonds. The van der Waals surface area contributed by atoms with Gasteiger partial charge in [0.1, 0.15) is 0 Å². The Labute approximate surface area is 106 Å². The Hall–Kier alpha value is -2.16. The molecule has 3 nitrogen and oxygen atoms in total. The zero-order valence-electron chi connectivity index (χ0n) is 10.7. The number of hydrogen-bond acceptors (Lipinski definition) is 2. The number of hydrogen-bond donors (Lipinski definition) is 2. The highest BCUT2D eigenvalue weighted by molar-refractivity contribution is 6.09. The highest BCUT2D eigenvalue weighted by Gasteiger charge is 2.08. The highest BCUT2D eigenvalue weighted by Crippen LogP contribution is 2.31. The van der Waals surface area contributed by atoms with Crippen LogP contribution in [-0.2, 0) is 7.05 Å². The van der Waals surface area contributed by atoms with Gasteiger partial charge >= 0.3 is 0 Å². The zero-order valence-corrected chi connectivity index (χ0v) is 10.7. The summed E-state index contributed by atoms with van der Waals surface area (Å²) in [5.41, 5.74) is 10.2. The number of nitrogens with one attached hydrogen (secondary N) is 1. The molecule has 0 atom stereocenters. The van der Waals surface area contributed by atoms with E-state index in [9.17, 15) is 0 Å². The standard InChI is InChI=1S/C15H17N3/c1-3-17-11-5-7-13-12-6-4-10(16)8-14(12)18(2)15(13)9-11/h4-9,17H,3,16H2,1-2H3. The Morgan fingerprint density at radius 3 is 2.44 bits per heavy atom. The Balaban J connectivity index is 2.36. The van der Waals surface area contributed by atoms with Gasteiger partial charge in [-0.05, 0) is 31.2 Å². The molecule has 0 aliphatic carbocycles. The SMILES string of the molecule is CCNc1ccc2c3ccc(N)cc3n(C)c2c1. The number of anilines is 2. The third kappa shape index (κ3) is 1.51. The normalized spacial score (nSPS) is 11.2. The van der Waals surface area contributed by atoms with Gasteiger partial charge in [0, 0.05) is 35.7 Å². The second-order valence-corrected chi connectivity index (χ2v) is 4.60. The minimum Gasteiger partial charge on any atom is -0.399 e. The molecule has 0 bridgehead atoms. The van der Waals surface area contributed by atoms with E-state index in [1.54, 1.807) is 0 Å². The molecule has 3 heteroatoms. The van der Waals surface area contributed by atoms with Gasteiger partial charge in [-0.2, -0.15) is 0 Å². The summed E-state index contributed by atoms with van der Waals surface area (Å²) in [4.78, 5) is 0. The van der Waals surface area contributed by atoms with E-state index in [0.29, 0.717) is 0 Å². The van der Waals surface area contributed by atoms with Crippen LogP contribution in [0.3, 0.4) is 0 Å². The van der Waals surface area contributed by atoms with Gasteiger partial charge in [0.2, 0.25) is 0 Å². The number of nitrogens with zero attached hydrogens (tertiary/aromatic N) is 1. The molecule has 0 radical (unpaired) electrons. The Kier molecular flexibility index (Phi) is 2.40. The average Bonchev–Trinajstić information content (AvgIpc) is 2.64. The minimum absolute atomic E-state index is 0.806. The van der Waals surface area contributed by atoms with Crippen LogP contribution in [0.1, 0.15) is 6.92 Å². The van der Waals surface area contributed by atoms with Crippen LogP contribution >= 0.6 is 0 Å². The first-order valence-corrected chi connectivity index (χ1v) is 6.22. The molecule has 0 unspecified atom stereocenters. The molecular weight excluding hydrogens is 222 g/mol. The predicted octanol–water partition coefficient (Wildman–Crippen LogP) is 3.35. The summed E-state index contributed by atoms with van der Waals surface area (Å²) in [5.74, 6) is 0. The van der Waals surface area contributed by atoms with Gasteiger partial charge in [-0.15, -0.1) is 0 Å². The first-order valence-electron chi connectivity index (χ1n) is 6.22. The Morgan fingerprint density at radius 2 is 1.72 bits per heavy atom. The van der Waals surface area contributed by atoms with Crippen LogP contribution in [0.5, 0.6) is 0 Å². The maximum atomic E-state index is 5.87. The first-order chi connectivity index (χ1) is 8.70. The Bertz CT molecular complexity index is 725. The van der Waals surface area contributed by atoms with E-state index < -0.39 is 0 Å². The van der Waals surface area contributed by atoms with Gasteiger partial charge in [0.05, 0.1) is 11.0 Å². The topological polar surface area (TPSA) is 43.0 Å². The molecule has 18 heavy (non-hydrogen) atoms. The van der Waals surface area contributed by atoms with Gasteiger partial charge < -0.3 is 15.6 Å². The maximum Gasteiger partial charge on any atom is 0.0509 e. The van der Waals surface area contributed by atoms with E-state index in [-0.39, 0.29) is 0 Å². The van der Waals surface area contributed by atoms with Crippen LogP contribution < -0.4 is 11.1 Å². The molecule has 0 fully saturated rings. The minimum atomic E-state index is 0.806. The molecule has 1 heterocycles.